The maximum absolute atomic E-state index is 11.0. The summed E-state index contributed by atoms with van der Waals surface area (Å²) in [6, 6.07) is 0. The van der Waals surface area contributed by atoms with Gasteiger partial charge in [0.1, 0.15) is 0 Å². The minimum absolute atomic E-state index is 0.334. The van der Waals surface area contributed by atoms with Gasteiger partial charge in [0.15, 0.2) is 0 Å². The van der Waals surface area contributed by atoms with Crippen LogP contribution < -0.4 is 0 Å². The van der Waals surface area contributed by atoms with Crippen molar-refractivity contribution in [1.82, 2.24) is 9.78 Å². The van der Waals surface area contributed by atoms with Crippen molar-refractivity contribution in [3.63, 3.8) is 0 Å². The smallest absolute Gasteiger partial charge is 0.272 e. The average molecular weight is 165 g/mol. The molecule has 5 nitrogen and oxygen atoms in total. The quantitative estimate of drug-likeness (QED) is 0.441. The van der Waals surface area contributed by atoms with E-state index >= 15 is 0 Å². The zero-order valence-corrected chi connectivity index (χ0v) is 6.74. The van der Waals surface area contributed by atoms with Gasteiger partial charge in [0.05, 0.1) is 11.8 Å². The van der Waals surface area contributed by atoms with Gasteiger partial charge in [-0.2, -0.15) is 5.10 Å². The molecule has 0 spiro atoms. The second kappa shape index (κ2) is 3.11. The number of nitrogens with zero attached hydrogens (tertiary/aromatic N) is 3. The van der Waals surface area contributed by atoms with Gasteiger partial charge in [0.25, 0.3) is 5.91 Å². The molecule has 1 amide bonds. The van der Waals surface area contributed by atoms with Gasteiger partial charge in [-0.05, 0) is 6.92 Å². The van der Waals surface area contributed by atoms with Crippen molar-refractivity contribution in [3.8, 4) is 0 Å². The van der Waals surface area contributed by atoms with Crippen LogP contribution in [0.5, 0.6) is 0 Å². The number of amides is 1. The first-order valence-corrected chi connectivity index (χ1v) is 3.27. The number of aryl methyl sites for hydroxylation is 1. The first-order chi connectivity index (χ1) is 5.66. The molecular weight excluding hydrogens is 158 g/mol. The summed E-state index contributed by atoms with van der Waals surface area (Å²) in [4.78, 5) is 23.7. The molecule has 1 rings (SSSR count). The maximum Gasteiger partial charge on any atom is 0.291 e. The van der Waals surface area contributed by atoms with Crippen molar-refractivity contribution in [2.45, 2.75) is 6.92 Å². The summed E-state index contributed by atoms with van der Waals surface area (Å²) >= 11 is 0. The van der Waals surface area contributed by atoms with E-state index in [9.17, 15) is 9.59 Å². The third-order valence-corrected chi connectivity index (χ3v) is 1.61. The highest BCUT2D eigenvalue weighted by Crippen LogP contribution is 2.06. The fourth-order valence-electron chi connectivity index (χ4n) is 0.810. The Morgan fingerprint density at radius 2 is 2.42 bits per heavy atom. The molecule has 5 heteroatoms. The highest BCUT2D eigenvalue weighted by atomic mass is 16.2. The van der Waals surface area contributed by atoms with Gasteiger partial charge >= 0.3 is 0 Å². The topological polar surface area (TPSA) is 64.3 Å². The highest BCUT2D eigenvalue weighted by molar-refractivity contribution is 5.98. The molecule has 0 unspecified atom stereocenters. The minimum Gasteiger partial charge on any atom is -0.272 e. The van der Waals surface area contributed by atoms with E-state index in [0.29, 0.717) is 11.3 Å². The molecule has 0 fully saturated rings. The minimum atomic E-state index is -0.601. The Bertz CT molecular complexity index is 361. The van der Waals surface area contributed by atoms with Crippen LogP contribution in [-0.2, 0) is 11.8 Å². The standard InChI is InChI=1S/C7H7N3O2/c1-5-6(3-9-10(5)2)7(12)8-4-11/h3H,1-2H3. The number of hydrogen-bond donors (Lipinski definition) is 0. The zero-order valence-electron chi connectivity index (χ0n) is 6.74. The monoisotopic (exact) mass is 165 g/mol. The molecule has 0 aliphatic heterocycles. The second-order valence-corrected chi connectivity index (χ2v) is 2.28. The molecule has 0 aliphatic carbocycles. The van der Waals surface area contributed by atoms with Gasteiger partial charge in [0.2, 0.25) is 6.08 Å². The fraction of sp³-hybridized carbons (Fsp3) is 0.286. The fourth-order valence-corrected chi connectivity index (χ4v) is 0.810. The van der Waals surface area contributed by atoms with Crippen LogP contribution in [0.3, 0.4) is 0 Å². The number of aromatic nitrogens is 2. The molecule has 0 aliphatic rings. The molecule has 0 radical (unpaired) electrons. The number of carbonyl (C=O) groups is 1. The lowest BCUT2D eigenvalue weighted by atomic mass is 10.2. The van der Waals surface area contributed by atoms with E-state index in [4.69, 9.17) is 0 Å². The number of isocyanates is 1. The lowest BCUT2D eigenvalue weighted by Crippen LogP contribution is -1.98. The summed E-state index contributed by atoms with van der Waals surface area (Å²) in [5.74, 6) is -0.601. The molecule has 1 aromatic rings. The first-order valence-electron chi connectivity index (χ1n) is 3.27. The van der Waals surface area contributed by atoms with Gasteiger partial charge in [-0.1, -0.05) is 0 Å². The number of hydrogen-bond acceptors (Lipinski definition) is 3. The number of carbonyl (C=O) groups excluding carboxylic acids is 2. The molecular formula is C7H7N3O2. The van der Waals surface area contributed by atoms with Crippen LogP contribution >= 0.6 is 0 Å². The predicted molar refractivity (Wildman–Crippen MR) is 40.4 cm³/mol. The molecule has 0 N–H and O–H groups in total. The highest BCUT2D eigenvalue weighted by Gasteiger charge is 2.10. The normalized spacial score (nSPS) is 9.17. The van der Waals surface area contributed by atoms with E-state index in [-0.39, 0.29) is 0 Å². The van der Waals surface area contributed by atoms with E-state index < -0.39 is 5.91 Å². The predicted octanol–water partition coefficient (Wildman–Crippen LogP) is 0.205. The molecule has 0 aromatic carbocycles. The lowest BCUT2D eigenvalue weighted by Gasteiger charge is -1.92. The first kappa shape index (κ1) is 8.36. The third kappa shape index (κ3) is 1.31. The van der Waals surface area contributed by atoms with Crippen LogP contribution in [0.15, 0.2) is 11.2 Å². The Balaban J connectivity index is 3.11. The summed E-state index contributed by atoms with van der Waals surface area (Å²) in [5.41, 5.74) is 1.01. The van der Waals surface area contributed by atoms with Crippen molar-refractivity contribution in [3.05, 3.63) is 17.5 Å². The molecule has 1 aromatic heterocycles. The van der Waals surface area contributed by atoms with Crippen LogP contribution in [0.4, 0.5) is 0 Å². The largest absolute Gasteiger partial charge is 0.291 e. The Kier molecular flexibility index (Phi) is 2.16. The summed E-state index contributed by atoms with van der Waals surface area (Å²) in [6.45, 7) is 1.72. The Morgan fingerprint density at radius 3 is 2.83 bits per heavy atom. The summed E-state index contributed by atoms with van der Waals surface area (Å²) in [6.07, 6.45) is 2.56. The Labute approximate surface area is 68.7 Å². The van der Waals surface area contributed by atoms with E-state index in [2.05, 4.69) is 10.1 Å². The second-order valence-electron chi connectivity index (χ2n) is 2.28. The van der Waals surface area contributed by atoms with Crippen molar-refractivity contribution in [2.24, 2.45) is 12.0 Å². The van der Waals surface area contributed by atoms with E-state index in [1.807, 2.05) is 0 Å². The van der Waals surface area contributed by atoms with Gasteiger partial charge in [0, 0.05) is 12.7 Å². The van der Waals surface area contributed by atoms with Gasteiger partial charge in [-0.15, -0.1) is 4.99 Å². The van der Waals surface area contributed by atoms with E-state index in [1.54, 1.807) is 14.0 Å². The van der Waals surface area contributed by atoms with Crippen LogP contribution in [0.25, 0.3) is 0 Å². The summed E-state index contributed by atoms with van der Waals surface area (Å²) in [7, 11) is 1.71. The zero-order chi connectivity index (χ0) is 9.14. The maximum atomic E-state index is 11.0. The molecule has 0 saturated heterocycles. The average Bonchev–Trinajstić information content (AvgIpc) is 2.34. The van der Waals surface area contributed by atoms with Gasteiger partial charge in [-0.25, -0.2) is 4.79 Å². The van der Waals surface area contributed by atoms with Gasteiger partial charge in [-0.3, -0.25) is 9.48 Å². The van der Waals surface area contributed by atoms with Crippen molar-refractivity contribution in [2.75, 3.05) is 0 Å². The van der Waals surface area contributed by atoms with Crippen molar-refractivity contribution >= 4 is 12.0 Å². The van der Waals surface area contributed by atoms with Crippen LogP contribution in [-0.4, -0.2) is 21.8 Å². The molecule has 1 heterocycles. The molecule has 12 heavy (non-hydrogen) atoms. The Morgan fingerprint density at radius 1 is 1.75 bits per heavy atom. The van der Waals surface area contributed by atoms with Crippen LogP contribution in [0.2, 0.25) is 0 Å². The molecule has 0 atom stereocenters. The number of aliphatic imine (C=N–C) groups is 1. The van der Waals surface area contributed by atoms with Crippen LogP contribution in [0.1, 0.15) is 16.1 Å². The summed E-state index contributed by atoms with van der Waals surface area (Å²) in [5, 5.41) is 3.83. The third-order valence-electron chi connectivity index (χ3n) is 1.61. The molecule has 0 saturated carbocycles. The molecule has 0 bridgehead atoms. The lowest BCUT2D eigenvalue weighted by molar-refractivity contribution is 0.100. The van der Waals surface area contributed by atoms with Gasteiger partial charge < -0.3 is 0 Å². The number of rotatable bonds is 1. The summed E-state index contributed by atoms with van der Waals surface area (Å²) < 4.78 is 1.54. The van der Waals surface area contributed by atoms with E-state index in [0.717, 1.165) is 0 Å². The van der Waals surface area contributed by atoms with Crippen LogP contribution in [0, 0.1) is 6.92 Å². The van der Waals surface area contributed by atoms with Crippen molar-refractivity contribution in [1.29, 1.82) is 0 Å². The Hall–Kier alpha value is -1.74. The van der Waals surface area contributed by atoms with E-state index in [1.165, 1.54) is 17.0 Å². The SMILES string of the molecule is Cc1c(C(=O)N=C=O)cnn1C. The molecule has 62 valence electrons. The van der Waals surface area contributed by atoms with Crippen molar-refractivity contribution < 1.29 is 9.59 Å².